The highest BCUT2D eigenvalue weighted by molar-refractivity contribution is 9.10. The monoisotopic (exact) mass is 367 g/mol. The van der Waals surface area contributed by atoms with E-state index in [9.17, 15) is 9.18 Å². The summed E-state index contributed by atoms with van der Waals surface area (Å²) in [7, 11) is 0. The molecule has 0 saturated heterocycles. The highest BCUT2D eigenvalue weighted by atomic mass is 79.9. The zero-order valence-corrected chi connectivity index (χ0v) is 13.3. The smallest absolute Gasteiger partial charge is 0.258 e. The third-order valence-corrected chi connectivity index (χ3v) is 3.17. The summed E-state index contributed by atoms with van der Waals surface area (Å²) in [5.41, 5.74) is 0. The van der Waals surface area contributed by atoms with E-state index in [1.165, 1.54) is 24.3 Å². The van der Waals surface area contributed by atoms with Gasteiger partial charge in [0.1, 0.15) is 23.9 Å². The van der Waals surface area contributed by atoms with Crippen LogP contribution in [-0.4, -0.2) is 25.7 Å². The number of rotatable bonds is 7. The van der Waals surface area contributed by atoms with E-state index >= 15 is 0 Å². The van der Waals surface area contributed by atoms with Crippen LogP contribution in [0, 0.1) is 5.82 Å². The first-order valence-electron chi connectivity index (χ1n) is 6.67. The van der Waals surface area contributed by atoms with Gasteiger partial charge in [0.15, 0.2) is 6.61 Å². The van der Waals surface area contributed by atoms with Crippen LogP contribution >= 0.6 is 15.9 Å². The van der Waals surface area contributed by atoms with E-state index in [0.29, 0.717) is 24.7 Å². The third-order valence-electron chi connectivity index (χ3n) is 2.67. The van der Waals surface area contributed by atoms with Gasteiger partial charge in [-0.05, 0) is 42.5 Å². The summed E-state index contributed by atoms with van der Waals surface area (Å²) in [5.74, 6) is 0.626. The van der Waals surface area contributed by atoms with Crippen molar-refractivity contribution in [2.75, 3.05) is 19.8 Å². The van der Waals surface area contributed by atoms with E-state index < -0.39 is 0 Å². The summed E-state index contributed by atoms with van der Waals surface area (Å²) in [4.78, 5) is 11.6. The molecule has 4 nitrogen and oxygen atoms in total. The fourth-order valence-corrected chi connectivity index (χ4v) is 2.03. The van der Waals surface area contributed by atoms with Crippen LogP contribution in [0.3, 0.4) is 0 Å². The first kappa shape index (κ1) is 16.3. The zero-order valence-electron chi connectivity index (χ0n) is 11.7. The molecule has 0 aliphatic heterocycles. The molecule has 1 amide bonds. The minimum atomic E-state index is -0.314. The maximum atomic E-state index is 12.7. The van der Waals surface area contributed by atoms with Crippen LogP contribution in [0.1, 0.15) is 0 Å². The molecule has 0 saturated carbocycles. The second kappa shape index (κ2) is 8.38. The van der Waals surface area contributed by atoms with Gasteiger partial charge < -0.3 is 14.8 Å². The topological polar surface area (TPSA) is 47.6 Å². The van der Waals surface area contributed by atoms with E-state index in [0.717, 1.165) is 4.47 Å². The second-order valence-electron chi connectivity index (χ2n) is 4.40. The van der Waals surface area contributed by atoms with Gasteiger partial charge in [-0.1, -0.05) is 22.0 Å². The van der Waals surface area contributed by atoms with Crippen LogP contribution in [0.4, 0.5) is 4.39 Å². The number of ether oxygens (including phenoxy) is 2. The first-order valence-corrected chi connectivity index (χ1v) is 7.46. The molecule has 116 valence electrons. The van der Waals surface area contributed by atoms with Crippen molar-refractivity contribution in [1.29, 1.82) is 0 Å². The zero-order chi connectivity index (χ0) is 15.8. The Balaban J connectivity index is 1.62. The van der Waals surface area contributed by atoms with E-state index in [2.05, 4.69) is 21.2 Å². The summed E-state index contributed by atoms with van der Waals surface area (Å²) in [6.07, 6.45) is 0. The molecule has 0 aliphatic rings. The molecule has 0 aliphatic carbocycles. The lowest BCUT2D eigenvalue weighted by atomic mass is 10.3. The Labute approximate surface area is 136 Å². The molecule has 0 aromatic heterocycles. The van der Waals surface area contributed by atoms with Crippen LogP contribution < -0.4 is 14.8 Å². The minimum Gasteiger partial charge on any atom is -0.492 e. The summed E-state index contributed by atoms with van der Waals surface area (Å²) < 4.78 is 24.3. The molecule has 0 radical (unpaired) electrons. The summed E-state index contributed by atoms with van der Waals surface area (Å²) >= 11 is 3.33. The normalized spacial score (nSPS) is 10.1. The Morgan fingerprint density at radius 1 is 1.09 bits per heavy atom. The van der Waals surface area contributed by atoms with Crippen LogP contribution in [0.2, 0.25) is 0 Å². The molecule has 2 aromatic rings. The SMILES string of the molecule is O=C(COc1cccc(Br)c1)NCCOc1ccc(F)cc1. The number of hydrogen-bond acceptors (Lipinski definition) is 3. The molecule has 2 rings (SSSR count). The van der Waals surface area contributed by atoms with Gasteiger partial charge in [0.2, 0.25) is 0 Å². The van der Waals surface area contributed by atoms with Gasteiger partial charge in [-0.2, -0.15) is 0 Å². The van der Waals surface area contributed by atoms with E-state index in [1.807, 2.05) is 12.1 Å². The molecule has 2 aromatic carbocycles. The fraction of sp³-hybridized carbons (Fsp3) is 0.188. The van der Waals surface area contributed by atoms with E-state index in [-0.39, 0.29) is 18.3 Å². The van der Waals surface area contributed by atoms with Gasteiger partial charge in [0.25, 0.3) is 5.91 Å². The molecular formula is C16H15BrFNO3. The number of benzene rings is 2. The lowest BCUT2D eigenvalue weighted by Gasteiger charge is -2.09. The standard InChI is InChI=1S/C16H15BrFNO3/c17-12-2-1-3-15(10-12)22-11-16(20)19-8-9-21-14-6-4-13(18)5-7-14/h1-7,10H,8-9,11H2,(H,19,20). The van der Waals surface area contributed by atoms with E-state index in [4.69, 9.17) is 9.47 Å². The molecule has 22 heavy (non-hydrogen) atoms. The number of carbonyl (C=O) groups is 1. The predicted octanol–water partition coefficient (Wildman–Crippen LogP) is 3.16. The van der Waals surface area contributed by atoms with Gasteiger partial charge in [-0.3, -0.25) is 4.79 Å². The van der Waals surface area contributed by atoms with Crippen molar-refractivity contribution in [2.24, 2.45) is 0 Å². The van der Waals surface area contributed by atoms with Gasteiger partial charge in [0, 0.05) is 4.47 Å². The quantitative estimate of drug-likeness (QED) is 0.764. The van der Waals surface area contributed by atoms with Gasteiger partial charge >= 0.3 is 0 Å². The fourth-order valence-electron chi connectivity index (χ4n) is 1.65. The molecule has 0 heterocycles. The molecule has 0 fully saturated rings. The Morgan fingerprint density at radius 2 is 1.86 bits per heavy atom. The highest BCUT2D eigenvalue weighted by Gasteiger charge is 2.03. The summed E-state index contributed by atoms with van der Waals surface area (Å²) in [6.45, 7) is 0.583. The summed E-state index contributed by atoms with van der Waals surface area (Å²) in [6, 6.07) is 13.0. The Morgan fingerprint density at radius 3 is 2.59 bits per heavy atom. The number of amides is 1. The van der Waals surface area contributed by atoms with Crippen molar-refractivity contribution < 1.29 is 18.7 Å². The minimum absolute atomic E-state index is 0.0625. The first-order chi connectivity index (χ1) is 10.6. The lowest BCUT2D eigenvalue weighted by Crippen LogP contribution is -2.32. The van der Waals surface area contributed by atoms with Gasteiger partial charge in [-0.15, -0.1) is 0 Å². The van der Waals surface area contributed by atoms with Crippen molar-refractivity contribution in [3.63, 3.8) is 0 Å². The number of halogens is 2. The molecule has 0 atom stereocenters. The van der Waals surface area contributed by atoms with Crippen molar-refractivity contribution >= 4 is 21.8 Å². The number of hydrogen-bond donors (Lipinski definition) is 1. The molecule has 0 unspecified atom stereocenters. The van der Waals surface area contributed by atoms with Crippen LogP contribution in [0.5, 0.6) is 11.5 Å². The van der Waals surface area contributed by atoms with Crippen LogP contribution in [-0.2, 0) is 4.79 Å². The Kier molecular flexibility index (Phi) is 6.21. The van der Waals surface area contributed by atoms with E-state index in [1.54, 1.807) is 12.1 Å². The molecule has 1 N–H and O–H groups in total. The van der Waals surface area contributed by atoms with Crippen molar-refractivity contribution in [1.82, 2.24) is 5.32 Å². The van der Waals surface area contributed by atoms with Crippen molar-refractivity contribution in [2.45, 2.75) is 0 Å². The predicted molar refractivity (Wildman–Crippen MR) is 84.5 cm³/mol. The highest BCUT2D eigenvalue weighted by Crippen LogP contribution is 2.17. The Hall–Kier alpha value is -2.08. The largest absolute Gasteiger partial charge is 0.492 e. The molecule has 0 bridgehead atoms. The van der Waals surface area contributed by atoms with Crippen LogP contribution in [0.15, 0.2) is 53.0 Å². The van der Waals surface area contributed by atoms with Crippen molar-refractivity contribution in [3.05, 3.63) is 58.8 Å². The Bertz CT molecular complexity index is 619. The third kappa shape index (κ3) is 5.73. The average Bonchev–Trinajstić information content (AvgIpc) is 2.51. The van der Waals surface area contributed by atoms with Crippen LogP contribution in [0.25, 0.3) is 0 Å². The number of nitrogens with one attached hydrogen (secondary N) is 1. The van der Waals surface area contributed by atoms with Crippen molar-refractivity contribution in [3.8, 4) is 11.5 Å². The maximum Gasteiger partial charge on any atom is 0.258 e. The van der Waals surface area contributed by atoms with Gasteiger partial charge in [-0.25, -0.2) is 4.39 Å². The maximum absolute atomic E-state index is 12.7. The lowest BCUT2D eigenvalue weighted by molar-refractivity contribution is -0.123. The molecule has 6 heteroatoms. The summed E-state index contributed by atoms with van der Waals surface area (Å²) in [5, 5.41) is 2.67. The van der Waals surface area contributed by atoms with Gasteiger partial charge in [0.05, 0.1) is 6.54 Å². The average molecular weight is 368 g/mol. The molecular weight excluding hydrogens is 353 g/mol. The second-order valence-corrected chi connectivity index (χ2v) is 5.31. The number of carbonyl (C=O) groups excluding carboxylic acids is 1. The molecule has 0 spiro atoms.